The second-order valence-corrected chi connectivity index (χ2v) is 7.71. The van der Waals surface area contributed by atoms with Crippen molar-refractivity contribution in [2.75, 3.05) is 13.1 Å². The molecule has 1 heterocycles. The van der Waals surface area contributed by atoms with Crippen LogP contribution in [-0.2, 0) is 6.54 Å². The first-order valence-electron chi connectivity index (χ1n) is 10.8. The van der Waals surface area contributed by atoms with Crippen LogP contribution in [0.15, 0.2) is 60.8 Å². The number of ether oxygens (including phenoxy) is 1. The van der Waals surface area contributed by atoms with Gasteiger partial charge in [-0.05, 0) is 49.7 Å². The van der Waals surface area contributed by atoms with Crippen LogP contribution in [0, 0.1) is 23.3 Å². The van der Waals surface area contributed by atoms with Crippen LogP contribution in [0.25, 0.3) is 22.0 Å². The summed E-state index contributed by atoms with van der Waals surface area (Å²) in [5.74, 6) is -3.11. The first-order chi connectivity index (χ1) is 16.3. The zero-order valence-corrected chi connectivity index (χ0v) is 18.6. The minimum atomic E-state index is -0.991. The molecule has 0 aliphatic heterocycles. The van der Waals surface area contributed by atoms with Crippen molar-refractivity contribution < 1.29 is 27.1 Å². The second kappa shape index (κ2) is 9.59. The number of benzene rings is 3. The summed E-state index contributed by atoms with van der Waals surface area (Å²) in [5.41, 5.74) is 1.47. The molecule has 1 aromatic heterocycles. The predicted molar refractivity (Wildman–Crippen MR) is 122 cm³/mol. The van der Waals surface area contributed by atoms with Gasteiger partial charge in [-0.3, -0.25) is 0 Å². The Balaban J connectivity index is 1.83. The van der Waals surface area contributed by atoms with Gasteiger partial charge in [0.2, 0.25) is 0 Å². The SMILES string of the molecule is CCN(CC)C(=O)Oc1ccc2c(ccn2Cc2c(F)cc(F)cc2F)c1-c1ccc(F)cc1. The van der Waals surface area contributed by atoms with E-state index in [1.54, 1.807) is 41.1 Å². The van der Waals surface area contributed by atoms with Crippen molar-refractivity contribution in [1.29, 1.82) is 0 Å². The molecule has 0 radical (unpaired) electrons. The Morgan fingerprint density at radius 2 is 1.53 bits per heavy atom. The molecule has 0 aliphatic carbocycles. The molecular formula is C26H22F4N2O2. The van der Waals surface area contributed by atoms with Crippen LogP contribution >= 0.6 is 0 Å². The number of rotatable bonds is 6. The molecule has 0 saturated carbocycles. The highest BCUT2D eigenvalue weighted by molar-refractivity contribution is 5.99. The summed E-state index contributed by atoms with van der Waals surface area (Å²) in [6, 6.07) is 12.0. The molecule has 0 unspecified atom stereocenters. The van der Waals surface area contributed by atoms with Crippen molar-refractivity contribution in [3.63, 3.8) is 0 Å². The third kappa shape index (κ3) is 4.48. The van der Waals surface area contributed by atoms with Gasteiger partial charge in [0.15, 0.2) is 0 Å². The summed E-state index contributed by atoms with van der Waals surface area (Å²) in [6.45, 7) is 4.43. The molecule has 4 aromatic rings. The molecule has 4 rings (SSSR count). The maximum Gasteiger partial charge on any atom is 0.415 e. The van der Waals surface area contributed by atoms with E-state index in [1.165, 1.54) is 17.0 Å². The summed E-state index contributed by atoms with van der Waals surface area (Å²) in [7, 11) is 0. The lowest BCUT2D eigenvalue weighted by Gasteiger charge is -2.20. The third-order valence-corrected chi connectivity index (χ3v) is 5.70. The fraction of sp³-hybridized carbons (Fsp3) is 0.192. The minimum Gasteiger partial charge on any atom is -0.410 e. The third-order valence-electron chi connectivity index (χ3n) is 5.70. The number of hydrogen-bond donors (Lipinski definition) is 0. The van der Waals surface area contributed by atoms with E-state index in [4.69, 9.17) is 4.74 Å². The van der Waals surface area contributed by atoms with Crippen molar-refractivity contribution in [2.45, 2.75) is 20.4 Å². The predicted octanol–water partition coefficient (Wildman–Crippen LogP) is 6.75. The lowest BCUT2D eigenvalue weighted by molar-refractivity contribution is 0.157. The van der Waals surface area contributed by atoms with Gasteiger partial charge in [-0.15, -0.1) is 0 Å². The molecule has 0 spiro atoms. The van der Waals surface area contributed by atoms with Crippen LogP contribution in [0.3, 0.4) is 0 Å². The molecule has 0 atom stereocenters. The number of carbonyl (C=O) groups excluding carboxylic acids is 1. The van der Waals surface area contributed by atoms with Gasteiger partial charge in [-0.25, -0.2) is 22.4 Å². The standard InChI is InChI=1S/C26H22F4N2O2/c1-3-31(4-2)26(33)34-24-10-9-23-19(25(24)16-5-7-17(27)8-6-16)11-12-32(23)15-20-21(29)13-18(28)14-22(20)30/h5-14H,3-4,15H2,1-2H3. The van der Waals surface area contributed by atoms with Crippen LogP contribution in [0.5, 0.6) is 5.75 Å². The van der Waals surface area contributed by atoms with Gasteiger partial charge in [0, 0.05) is 53.4 Å². The molecule has 1 amide bonds. The summed E-state index contributed by atoms with van der Waals surface area (Å²) in [4.78, 5) is 14.1. The monoisotopic (exact) mass is 470 g/mol. The van der Waals surface area contributed by atoms with Gasteiger partial charge < -0.3 is 14.2 Å². The molecule has 4 nitrogen and oxygen atoms in total. The number of amides is 1. The van der Waals surface area contributed by atoms with Gasteiger partial charge in [-0.2, -0.15) is 0 Å². The highest BCUT2D eigenvalue weighted by atomic mass is 19.1. The van der Waals surface area contributed by atoms with Crippen molar-refractivity contribution >= 4 is 17.0 Å². The van der Waals surface area contributed by atoms with Crippen LogP contribution in [0.4, 0.5) is 22.4 Å². The van der Waals surface area contributed by atoms with E-state index in [0.29, 0.717) is 47.3 Å². The van der Waals surface area contributed by atoms with Crippen LogP contribution < -0.4 is 4.74 Å². The van der Waals surface area contributed by atoms with Crippen LogP contribution in [-0.4, -0.2) is 28.6 Å². The van der Waals surface area contributed by atoms with E-state index in [1.807, 2.05) is 13.8 Å². The summed E-state index contributed by atoms with van der Waals surface area (Å²) in [5, 5.41) is 0.638. The Bertz CT molecular complexity index is 1320. The number of halogens is 4. The van der Waals surface area contributed by atoms with Crippen molar-refractivity contribution in [3.8, 4) is 16.9 Å². The smallest absolute Gasteiger partial charge is 0.410 e. The number of fused-ring (bicyclic) bond motifs is 1. The lowest BCUT2D eigenvalue weighted by atomic mass is 10.0. The van der Waals surface area contributed by atoms with Gasteiger partial charge in [0.1, 0.15) is 29.0 Å². The molecule has 0 aliphatic rings. The first-order valence-corrected chi connectivity index (χ1v) is 10.8. The normalized spacial score (nSPS) is 11.1. The Morgan fingerprint density at radius 1 is 0.882 bits per heavy atom. The Kier molecular flexibility index (Phi) is 6.58. The van der Waals surface area contributed by atoms with Crippen molar-refractivity contribution in [2.24, 2.45) is 0 Å². The second-order valence-electron chi connectivity index (χ2n) is 7.71. The zero-order valence-electron chi connectivity index (χ0n) is 18.6. The largest absolute Gasteiger partial charge is 0.415 e. The van der Waals surface area contributed by atoms with Crippen molar-refractivity contribution in [1.82, 2.24) is 9.47 Å². The Hall–Kier alpha value is -3.81. The van der Waals surface area contributed by atoms with Gasteiger partial charge in [0.05, 0.1) is 6.54 Å². The topological polar surface area (TPSA) is 34.5 Å². The summed E-state index contributed by atoms with van der Waals surface area (Å²) < 4.78 is 62.7. The average Bonchev–Trinajstić information content (AvgIpc) is 3.20. The van der Waals surface area contributed by atoms with E-state index in [2.05, 4.69) is 0 Å². The highest BCUT2D eigenvalue weighted by Crippen LogP contribution is 2.38. The van der Waals surface area contributed by atoms with E-state index >= 15 is 0 Å². The molecule has 176 valence electrons. The molecule has 0 bridgehead atoms. The Labute approximate surface area is 194 Å². The minimum absolute atomic E-state index is 0.178. The first kappa shape index (κ1) is 23.4. The maximum atomic E-state index is 14.2. The van der Waals surface area contributed by atoms with E-state index in [0.717, 1.165) is 0 Å². The van der Waals surface area contributed by atoms with Gasteiger partial charge in [-0.1, -0.05) is 12.1 Å². The molecule has 0 fully saturated rings. The molecule has 0 N–H and O–H groups in total. The van der Waals surface area contributed by atoms with Crippen molar-refractivity contribution in [3.05, 3.63) is 89.6 Å². The number of nitrogens with zero attached hydrogens (tertiary/aromatic N) is 2. The molecule has 34 heavy (non-hydrogen) atoms. The van der Waals surface area contributed by atoms with E-state index in [-0.39, 0.29) is 17.9 Å². The highest BCUT2D eigenvalue weighted by Gasteiger charge is 2.20. The Morgan fingerprint density at radius 3 is 2.15 bits per heavy atom. The fourth-order valence-electron chi connectivity index (χ4n) is 3.92. The molecule has 3 aromatic carbocycles. The molecule has 0 saturated heterocycles. The molecular weight excluding hydrogens is 448 g/mol. The van der Waals surface area contributed by atoms with Crippen LogP contribution in [0.2, 0.25) is 0 Å². The van der Waals surface area contributed by atoms with Crippen LogP contribution in [0.1, 0.15) is 19.4 Å². The summed E-state index contributed by atoms with van der Waals surface area (Å²) >= 11 is 0. The van der Waals surface area contributed by atoms with E-state index < -0.39 is 29.4 Å². The van der Waals surface area contributed by atoms with E-state index in [9.17, 15) is 22.4 Å². The van der Waals surface area contributed by atoms with Gasteiger partial charge >= 0.3 is 6.09 Å². The fourth-order valence-corrected chi connectivity index (χ4v) is 3.92. The zero-order chi connectivity index (χ0) is 24.4. The quantitative estimate of drug-likeness (QED) is 0.292. The maximum absolute atomic E-state index is 14.2. The number of aromatic nitrogens is 1. The van der Waals surface area contributed by atoms with Gasteiger partial charge in [0.25, 0.3) is 0 Å². The number of carbonyl (C=O) groups is 1. The lowest BCUT2D eigenvalue weighted by Crippen LogP contribution is -2.33. The molecule has 8 heteroatoms. The number of hydrogen-bond acceptors (Lipinski definition) is 2. The summed E-state index contributed by atoms with van der Waals surface area (Å²) in [6.07, 6.45) is 1.11. The average molecular weight is 470 g/mol.